The van der Waals surface area contributed by atoms with Gasteiger partial charge < -0.3 is 15.4 Å². The molecule has 0 atom stereocenters. The summed E-state index contributed by atoms with van der Waals surface area (Å²) >= 11 is 0. The Morgan fingerprint density at radius 2 is 1.86 bits per heavy atom. The Balaban J connectivity index is 2.29. The van der Waals surface area contributed by atoms with Crippen LogP contribution in [0.5, 0.6) is 5.88 Å². The lowest BCUT2D eigenvalue weighted by molar-refractivity contribution is 0.303. The van der Waals surface area contributed by atoms with Crippen LogP contribution in [0.2, 0.25) is 0 Å². The van der Waals surface area contributed by atoms with Gasteiger partial charge in [-0.2, -0.15) is 5.10 Å². The topological polar surface area (TPSA) is 103 Å². The first-order chi connectivity index (χ1) is 13.5. The number of nitrogens with one attached hydrogen (secondary N) is 2. The number of aromatic hydroxyl groups is 1. The van der Waals surface area contributed by atoms with Crippen molar-refractivity contribution in [2.45, 2.75) is 33.7 Å². The largest absolute Gasteiger partial charge is 0.494 e. The van der Waals surface area contributed by atoms with Gasteiger partial charge in [0.05, 0.1) is 12.3 Å². The Labute approximate surface area is 164 Å². The van der Waals surface area contributed by atoms with Gasteiger partial charge in [0, 0.05) is 13.1 Å². The predicted molar refractivity (Wildman–Crippen MR) is 111 cm³/mol. The highest BCUT2D eigenvalue weighted by atomic mass is 16.3. The molecule has 2 rings (SSSR count). The SMILES string of the molecule is CC/C(=N\NCCN(CC)CC)c1c(O)n(Cc2ccccc2)c(=O)[nH]c1=O. The molecule has 8 heteroatoms. The van der Waals surface area contributed by atoms with E-state index in [9.17, 15) is 14.7 Å². The molecule has 0 saturated heterocycles. The molecule has 1 aromatic heterocycles. The Morgan fingerprint density at radius 3 is 2.46 bits per heavy atom. The predicted octanol–water partition coefficient (Wildman–Crippen LogP) is 1.34. The molecule has 2 aromatic rings. The van der Waals surface area contributed by atoms with Gasteiger partial charge in [0.25, 0.3) is 5.56 Å². The summed E-state index contributed by atoms with van der Waals surface area (Å²) in [5.74, 6) is -0.372. The molecule has 1 heterocycles. The molecule has 0 aliphatic rings. The molecule has 152 valence electrons. The highest BCUT2D eigenvalue weighted by molar-refractivity contribution is 6.01. The summed E-state index contributed by atoms with van der Waals surface area (Å²) in [6.07, 6.45) is 0.429. The minimum Gasteiger partial charge on any atom is -0.494 e. The van der Waals surface area contributed by atoms with Crippen LogP contribution in [0.15, 0.2) is 45.0 Å². The lowest BCUT2D eigenvalue weighted by atomic mass is 10.1. The first-order valence-electron chi connectivity index (χ1n) is 9.63. The highest BCUT2D eigenvalue weighted by Crippen LogP contribution is 2.14. The minimum absolute atomic E-state index is 0.0216. The average molecular weight is 387 g/mol. The number of hydrogen-bond acceptors (Lipinski definition) is 6. The van der Waals surface area contributed by atoms with Crippen molar-refractivity contribution >= 4 is 5.71 Å². The van der Waals surface area contributed by atoms with Crippen LogP contribution in [0.3, 0.4) is 0 Å². The third-order valence-corrected chi connectivity index (χ3v) is 4.63. The molecule has 0 unspecified atom stereocenters. The van der Waals surface area contributed by atoms with Crippen LogP contribution in [0.1, 0.15) is 38.3 Å². The molecule has 0 aliphatic carbocycles. The normalized spacial score (nSPS) is 11.8. The van der Waals surface area contributed by atoms with Crippen LogP contribution < -0.4 is 16.7 Å². The summed E-state index contributed by atoms with van der Waals surface area (Å²) in [6.45, 7) is 9.53. The molecule has 0 spiro atoms. The summed E-state index contributed by atoms with van der Waals surface area (Å²) in [5.41, 5.74) is 2.94. The second-order valence-corrected chi connectivity index (χ2v) is 6.38. The van der Waals surface area contributed by atoms with Crippen molar-refractivity contribution in [3.8, 4) is 5.88 Å². The van der Waals surface area contributed by atoms with E-state index in [1.54, 1.807) is 0 Å². The molecule has 0 bridgehead atoms. The van der Waals surface area contributed by atoms with Crippen LogP contribution in [0.4, 0.5) is 0 Å². The number of benzene rings is 1. The minimum atomic E-state index is -0.653. The molecular weight excluding hydrogens is 358 g/mol. The van der Waals surface area contributed by atoms with E-state index in [4.69, 9.17) is 0 Å². The number of nitrogens with zero attached hydrogens (tertiary/aromatic N) is 3. The summed E-state index contributed by atoms with van der Waals surface area (Å²) < 4.78 is 1.15. The van der Waals surface area contributed by atoms with Crippen molar-refractivity contribution in [2.75, 3.05) is 26.2 Å². The molecule has 8 nitrogen and oxygen atoms in total. The fourth-order valence-corrected chi connectivity index (χ4v) is 2.94. The van der Waals surface area contributed by atoms with E-state index >= 15 is 0 Å². The van der Waals surface area contributed by atoms with Crippen molar-refractivity contribution < 1.29 is 5.11 Å². The number of hydrazone groups is 1. The van der Waals surface area contributed by atoms with E-state index in [1.807, 2.05) is 37.3 Å². The quantitative estimate of drug-likeness (QED) is 0.324. The van der Waals surface area contributed by atoms with Gasteiger partial charge in [0.1, 0.15) is 5.56 Å². The van der Waals surface area contributed by atoms with Crippen LogP contribution in [0.25, 0.3) is 0 Å². The van der Waals surface area contributed by atoms with E-state index in [2.05, 4.69) is 34.3 Å². The monoisotopic (exact) mass is 387 g/mol. The lowest BCUT2D eigenvalue weighted by Gasteiger charge is -2.17. The fraction of sp³-hybridized carbons (Fsp3) is 0.450. The van der Waals surface area contributed by atoms with Gasteiger partial charge >= 0.3 is 5.69 Å². The van der Waals surface area contributed by atoms with Crippen molar-refractivity contribution in [1.82, 2.24) is 19.9 Å². The highest BCUT2D eigenvalue weighted by Gasteiger charge is 2.18. The molecule has 0 radical (unpaired) electrons. The Bertz CT molecular complexity index is 898. The second kappa shape index (κ2) is 10.5. The van der Waals surface area contributed by atoms with Crippen LogP contribution >= 0.6 is 0 Å². The van der Waals surface area contributed by atoms with Gasteiger partial charge in [-0.3, -0.25) is 14.3 Å². The number of hydrogen-bond donors (Lipinski definition) is 3. The smallest absolute Gasteiger partial charge is 0.331 e. The van der Waals surface area contributed by atoms with Gasteiger partial charge in [0.15, 0.2) is 0 Å². The summed E-state index contributed by atoms with van der Waals surface area (Å²) in [5, 5.41) is 15.0. The van der Waals surface area contributed by atoms with Crippen molar-refractivity contribution in [3.63, 3.8) is 0 Å². The zero-order valence-corrected chi connectivity index (χ0v) is 16.7. The maximum atomic E-state index is 12.4. The molecule has 0 amide bonds. The van der Waals surface area contributed by atoms with Crippen molar-refractivity contribution in [3.05, 3.63) is 62.3 Å². The Kier molecular flexibility index (Phi) is 8.01. The van der Waals surface area contributed by atoms with E-state index < -0.39 is 11.2 Å². The number of aromatic amines is 1. The van der Waals surface area contributed by atoms with E-state index in [1.165, 1.54) is 0 Å². The average Bonchev–Trinajstić information content (AvgIpc) is 2.70. The standard InChI is InChI=1S/C20H29N5O3/c1-4-16(23-21-12-13-24(5-2)6-3)17-18(26)22-20(28)25(19(17)27)14-15-10-8-7-9-11-15/h7-11,21,27H,4-6,12-14H2,1-3H3,(H,22,26,28)/b23-16+. The molecule has 28 heavy (non-hydrogen) atoms. The molecule has 0 fully saturated rings. The maximum Gasteiger partial charge on any atom is 0.331 e. The summed E-state index contributed by atoms with van der Waals surface area (Å²) in [6, 6.07) is 9.27. The van der Waals surface area contributed by atoms with Gasteiger partial charge in [-0.05, 0) is 25.1 Å². The fourth-order valence-electron chi connectivity index (χ4n) is 2.94. The van der Waals surface area contributed by atoms with Crippen molar-refractivity contribution in [1.29, 1.82) is 0 Å². The van der Waals surface area contributed by atoms with Gasteiger partial charge in [-0.15, -0.1) is 0 Å². The van der Waals surface area contributed by atoms with E-state index in [0.29, 0.717) is 18.7 Å². The molecule has 3 N–H and O–H groups in total. The third-order valence-electron chi connectivity index (χ3n) is 4.63. The number of likely N-dealkylation sites (N-methyl/N-ethyl adjacent to an activating group) is 1. The second-order valence-electron chi connectivity index (χ2n) is 6.38. The van der Waals surface area contributed by atoms with Crippen LogP contribution in [-0.2, 0) is 6.54 Å². The summed E-state index contributed by atoms with van der Waals surface area (Å²) in [7, 11) is 0. The van der Waals surface area contributed by atoms with E-state index in [0.717, 1.165) is 29.8 Å². The zero-order chi connectivity index (χ0) is 20.5. The number of rotatable bonds is 10. The van der Waals surface area contributed by atoms with Gasteiger partial charge in [0.2, 0.25) is 5.88 Å². The van der Waals surface area contributed by atoms with E-state index in [-0.39, 0.29) is 18.0 Å². The summed E-state index contributed by atoms with van der Waals surface area (Å²) in [4.78, 5) is 29.1. The first kappa shape index (κ1) is 21.4. The van der Waals surface area contributed by atoms with Gasteiger partial charge in [-0.25, -0.2) is 4.79 Å². The lowest BCUT2D eigenvalue weighted by Crippen LogP contribution is -2.35. The van der Waals surface area contributed by atoms with Crippen molar-refractivity contribution in [2.24, 2.45) is 5.10 Å². The molecule has 0 saturated carbocycles. The number of aromatic nitrogens is 2. The molecule has 1 aromatic carbocycles. The Hall–Kier alpha value is -2.87. The van der Waals surface area contributed by atoms with Crippen LogP contribution in [-0.4, -0.2) is 51.4 Å². The maximum absolute atomic E-state index is 12.4. The number of H-pyrrole nitrogens is 1. The van der Waals surface area contributed by atoms with Crippen LogP contribution in [0, 0.1) is 0 Å². The Morgan fingerprint density at radius 1 is 1.18 bits per heavy atom. The third kappa shape index (κ3) is 5.32. The first-order valence-corrected chi connectivity index (χ1v) is 9.63. The molecule has 0 aliphatic heterocycles. The molecular formula is C20H29N5O3. The van der Waals surface area contributed by atoms with Gasteiger partial charge in [-0.1, -0.05) is 51.1 Å². The zero-order valence-electron chi connectivity index (χ0n) is 16.7.